The molecule has 2 N–H and O–H groups in total. The molecule has 1 aromatic heterocycles. The van der Waals surface area contributed by atoms with Crippen molar-refractivity contribution in [2.24, 2.45) is 0 Å². The molecule has 0 unspecified atom stereocenters. The quantitative estimate of drug-likeness (QED) is 0.638. The molecule has 0 fully saturated rings. The Morgan fingerprint density at radius 3 is 3.10 bits per heavy atom. The van der Waals surface area contributed by atoms with Gasteiger partial charge in [0.1, 0.15) is 4.61 Å². The van der Waals surface area contributed by atoms with Crippen molar-refractivity contribution in [3.63, 3.8) is 0 Å². The van der Waals surface area contributed by atoms with E-state index in [1.165, 1.54) is 0 Å². The number of hydrogen-bond acceptors (Lipinski definition) is 3. The lowest BCUT2D eigenvalue weighted by molar-refractivity contribution is 0.405. The maximum atomic E-state index is 5.54. The molecule has 1 rings (SSSR count). The molecule has 3 nitrogen and oxygen atoms in total. The van der Waals surface area contributed by atoms with Crippen molar-refractivity contribution in [1.29, 1.82) is 0 Å². The van der Waals surface area contributed by atoms with Crippen molar-refractivity contribution >= 4 is 28.3 Å². The van der Waals surface area contributed by atoms with E-state index in [4.69, 9.17) is 10.5 Å². The zero-order valence-electron chi connectivity index (χ0n) is 5.25. The first-order valence-corrected chi connectivity index (χ1v) is 4.25. The Labute approximate surface area is 72.7 Å². The summed E-state index contributed by atoms with van der Waals surface area (Å²) >= 11 is 2.10. The van der Waals surface area contributed by atoms with E-state index in [0.29, 0.717) is 16.1 Å². The Kier molecular flexibility index (Phi) is 2.73. The minimum Gasteiger partial charge on any atom is -0.480 e. The van der Waals surface area contributed by atoms with Crippen molar-refractivity contribution in [2.75, 3.05) is 10.3 Å². The SMILES string of the molecule is Nc1ccncc1OCI. The molecule has 0 atom stereocenters. The second kappa shape index (κ2) is 3.60. The average Bonchev–Trinajstić information content (AvgIpc) is 1.94. The number of nitrogens with two attached hydrogens (primary N) is 1. The van der Waals surface area contributed by atoms with Gasteiger partial charge < -0.3 is 10.5 Å². The normalized spacial score (nSPS) is 9.30. The summed E-state index contributed by atoms with van der Waals surface area (Å²) in [6.45, 7) is 0. The number of nitrogens with zero attached hydrogens (tertiary/aromatic N) is 1. The van der Waals surface area contributed by atoms with Crippen LogP contribution in [0.3, 0.4) is 0 Å². The summed E-state index contributed by atoms with van der Waals surface area (Å²) in [4.78, 5) is 3.86. The molecule has 10 heavy (non-hydrogen) atoms. The van der Waals surface area contributed by atoms with Gasteiger partial charge in [-0.05, 0) is 28.7 Å². The first-order valence-electron chi connectivity index (χ1n) is 2.73. The lowest BCUT2D eigenvalue weighted by Crippen LogP contribution is -1.94. The second-order valence-electron chi connectivity index (χ2n) is 1.67. The van der Waals surface area contributed by atoms with Gasteiger partial charge in [-0.15, -0.1) is 0 Å². The molecule has 0 radical (unpaired) electrons. The number of ether oxygens (including phenoxy) is 1. The minimum absolute atomic E-state index is 0.591. The maximum absolute atomic E-state index is 5.54. The molecule has 0 aliphatic rings. The number of anilines is 1. The lowest BCUT2D eigenvalue weighted by Gasteiger charge is -2.02. The molecular weight excluding hydrogens is 243 g/mol. The van der Waals surface area contributed by atoms with Gasteiger partial charge in [-0.2, -0.15) is 0 Å². The van der Waals surface area contributed by atoms with Crippen LogP contribution in [0.4, 0.5) is 5.69 Å². The molecule has 0 aliphatic heterocycles. The van der Waals surface area contributed by atoms with Gasteiger partial charge in [0.2, 0.25) is 0 Å². The third kappa shape index (κ3) is 1.73. The molecule has 0 amide bonds. The first kappa shape index (κ1) is 7.59. The Bertz CT molecular complexity index is 217. The molecule has 0 spiro atoms. The maximum Gasteiger partial charge on any atom is 0.161 e. The summed E-state index contributed by atoms with van der Waals surface area (Å²) in [5, 5.41) is 0. The number of alkyl halides is 1. The molecule has 0 saturated carbocycles. The summed E-state index contributed by atoms with van der Waals surface area (Å²) < 4.78 is 5.73. The average molecular weight is 250 g/mol. The van der Waals surface area contributed by atoms with Crippen LogP contribution in [0.15, 0.2) is 18.5 Å². The minimum atomic E-state index is 0.591. The molecule has 1 heterocycles. The van der Waals surface area contributed by atoms with E-state index >= 15 is 0 Å². The van der Waals surface area contributed by atoms with E-state index in [-0.39, 0.29) is 0 Å². The van der Waals surface area contributed by atoms with Crippen LogP contribution in [0.5, 0.6) is 5.75 Å². The van der Waals surface area contributed by atoms with Crippen molar-refractivity contribution < 1.29 is 4.74 Å². The topological polar surface area (TPSA) is 48.1 Å². The van der Waals surface area contributed by atoms with Gasteiger partial charge in [-0.3, -0.25) is 4.98 Å². The van der Waals surface area contributed by atoms with Gasteiger partial charge in [0.05, 0.1) is 11.9 Å². The van der Waals surface area contributed by atoms with Crippen LogP contribution in [-0.4, -0.2) is 9.60 Å². The van der Waals surface area contributed by atoms with Crippen molar-refractivity contribution in [3.8, 4) is 5.75 Å². The van der Waals surface area contributed by atoms with Crippen LogP contribution in [-0.2, 0) is 0 Å². The molecule has 0 saturated heterocycles. The summed E-state index contributed by atoms with van der Waals surface area (Å²) in [7, 11) is 0. The van der Waals surface area contributed by atoms with Crippen molar-refractivity contribution in [2.45, 2.75) is 0 Å². The zero-order chi connectivity index (χ0) is 7.40. The van der Waals surface area contributed by atoms with Crippen LogP contribution in [0.2, 0.25) is 0 Å². The molecule has 4 heteroatoms. The highest BCUT2D eigenvalue weighted by Gasteiger charge is 1.95. The first-order chi connectivity index (χ1) is 4.84. The van der Waals surface area contributed by atoms with Crippen molar-refractivity contribution in [3.05, 3.63) is 18.5 Å². The third-order valence-electron chi connectivity index (χ3n) is 1.03. The number of aromatic nitrogens is 1. The van der Waals surface area contributed by atoms with E-state index in [2.05, 4.69) is 27.6 Å². The highest BCUT2D eigenvalue weighted by atomic mass is 127. The van der Waals surface area contributed by atoms with E-state index in [1.807, 2.05) is 0 Å². The van der Waals surface area contributed by atoms with Gasteiger partial charge >= 0.3 is 0 Å². The van der Waals surface area contributed by atoms with Crippen LogP contribution >= 0.6 is 22.6 Å². The number of halogens is 1. The fourth-order valence-electron chi connectivity index (χ4n) is 0.570. The number of pyridine rings is 1. The van der Waals surface area contributed by atoms with E-state index in [1.54, 1.807) is 18.5 Å². The van der Waals surface area contributed by atoms with Crippen molar-refractivity contribution in [1.82, 2.24) is 4.98 Å². The van der Waals surface area contributed by atoms with E-state index in [9.17, 15) is 0 Å². The molecule has 1 aromatic rings. The fourth-order valence-corrected chi connectivity index (χ4v) is 0.906. The Morgan fingerprint density at radius 1 is 1.70 bits per heavy atom. The van der Waals surface area contributed by atoms with Crippen LogP contribution in [0.1, 0.15) is 0 Å². The van der Waals surface area contributed by atoms with E-state index in [0.717, 1.165) is 0 Å². The highest BCUT2D eigenvalue weighted by molar-refractivity contribution is 14.1. The summed E-state index contributed by atoms with van der Waals surface area (Å²) in [5.41, 5.74) is 6.17. The third-order valence-corrected chi connectivity index (χ3v) is 1.34. The van der Waals surface area contributed by atoms with Gasteiger partial charge in [-0.25, -0.2) is 0 Å². The van der Waals surface area contributed by atoms with Gasteiger partial charge in [-0.1, -0.05) is 0 Å². The van der Waals surface area contributed by atoms with Gasteiger partial charge in [0, 0.05) is 6.20 Å². The van der Waals surface area contributed by atoms with E-state index < -0.39 is 0 Å². The highest BCUT2D eigenvalue weighted by Crippen LogP contribution is 2.18. The molecule has 0 bridgehead atoms. The molecular formula is C6H7IN2O. The Hall–Kier alpha value is -0.520. The Morgan fingerprint density at radius 2 is 2.50 bits per heavy atom. The molecule has 0 aromatic carbocycles. The molecule has 0 aliphatic carbocycles. The second-order valence-corrected chi connectivity index (χ2v) is 2.29. The fraction of sp³-hybridized carbons (Fsp3) is 0.167. The lowest BCUT2D eigenvalue weighted by atomic mass is 10.4. The largest absolute Gasteiger partial charge is 0.480 e. The summed E-state index contributed by atoms with van der Waals surface area (Å²) in [6, 6.07) is 1.71. The standard InChI is InChI=1S/C6H7IN2O/c7-4-10-6-3-9-2-1-5(6)8/h1-3H,4H2,(H2,8,9). The van der Waals surface area contributed by atoms with Crippen LogP contribution in [0.25, 0.3) is 0 Å². The van der Waals surface area contributed by atoms with Crippen LogP contribution in [0, 0.1) is 0 Å². The van der Waals surface area contributed by atoms with Gasteiger partial charge in [0.25, 0.3) is 0 Å². The van der Waals surface area contributed by atoms with Gasteiger partial charge in [0.15, 0.2) is 5.75 Å². The predicted molar refractivity (Wildman–Crippen MR) is 48.2 cm³/mol. The number of rotatable bonds is 2. The molecule has 54 valence electrons. The summed E-state index contributed by atoms with van der Waals surface area (Å²) in [6.07, 6.45) is 3.24. The number of hydrogen-bond donors (Lipinski definition) is 1. The smallest absolute Gasteiger partial charge is 0.161 e. The predicted octanol–water partition coefficient (Wildman–Crippen LogP) is 1.44. The van der Waals surface area contributed by atoms with Crippen LogP contribution < -0.4 is 10.5 Å². The zero-order valence-corrected chi connectivity index (χ0v) is 7.41. The summed E-state index contributed by atoms with van der Waals surface area (Å²) in [5.74, 6) is 0.650. The number of nitrogen functional groups attached to an aromatic ring is 1. The Balaban J connectivity index is 2.81. The monoisotopic (exact) mass is 250 g/mol.